The highest BCUT2D eigenvalue weighted by Gasteiger charge is 2.22. The molecule has 28 heavy (non-hydrogen) atoms. The van der Waals surface area contributed by atoms with Crippen molar-refractivity contribution in [3.05, 3.63) is 53.1 Å². The molecule has 8 nitrogen and oxygen atoms in total. The number of hydrogen-bond donors (Lipinski definition) is 4. The zero-order valence-electron chi connectivity index (χ0n) is 15.9. The van der Waals surface area contributed by atoms with Crippen LogP contribution >= 0.6 is 0 Å². The van der Waals surface area contributed by atoms with Crippen molar-refractivity contribution < 1.29 is 4.79 Å². The lowest BCUT2D eigenvalue weighted by molar-refractivity contribution is -0.126. The van der Waals surface area contributed by atoms with Crippen molar-refractivity contribution in [1.29, 1.82) is 0 Å². The summed E-state index contributed by atoms with van der Waals surface area (Å²) in [5.74, 6) is 0.751. The smallest absolute Gasteiger partial charge is 0.271 e. The molecule has 0 radical (unpaired) electrons. The second kappa shape index (κ2) is 9.18. The molecule has 5 N–H and O–H groups in total. The number of H-pyrrole nitrogens is 1. The molecule has 0 spiro atoms. The van der Waals surface area contributed by atoms with Crippen LogP contribution in [0.5, 0.6) is 0 Å². The van der Waals surface area contributed by atoms with Gasteiger partial charge in [0.25, 0.3) is 5.56 Å². The summed E-state index contributed by atoms with van der Waals surface area (Å²) in [7, 11) is 1.81. The van der Waals surface area contributed by atoms with E-state index in [0.717, 1.165) is 29.8 Å². The molecule has 1 amide bonds. The van der Waals surface area contributed by atoms with E-state index in [1.807, 2.05) is 25.2 Å². The monoisotopic (exact) mass is 382 g/mol. The van der Waals surface area contributed by atoms with Crippen LogP contribution in [0.1, 0.15) is 12.8 Å². The summed E-state index contributed by atoms with van der Waals surface area (Å²) in [6.07, 6.45) is 8.18. The summed E-state index contributed by atoms with van der Waals surface area (Å²) in [5, 5.41) is 6.35. The van der Waals surface area contributed by atoms with Crippen molar-refractivity contribution >= 4 is 17.4 Å². The van der Waals surface area contributed by atoms with Crippen LogP contribution in [0.25, 0.3) is 11.1 Å². The van der Waals surface area contributed by atoms with Crippen molar-refractivity contribution in [2.75, 3.05) is 37.3 Å². The molecule has 1 aliphatic rings. The second-order valence-corrected chi connectivity index (χ2v) is 6.69. The molecule has 1 fully saturated rings. The van der Waals surface area contributed by atoms with E-state index in [1.54, 1.807) is 23.4 Å². The van der Waals surface area contributed by atoms with Gasteiger partial charge < -0.3 is 26.3 Å². The highest BCUT2D eigenvalue weighted by molar-refractivity contribution is 5.87. The maximum Gasteiger partial charge on any atom is 0.271 e. The van der Waals surface area contributed by atoms with E-state index in [1.165, 1.54) is 6.08 Å². The van der Waals surface area contributed by atoms with Crippen LogP contribution in [0.15, 0.2) is 47.5 Å². The Bertz CT molecular complexity index is 900. The van der Waals surface area contributed by atoms with Crippen molar-refractivity contribution in [1.82, 2.24) is 14.9 Å². The Labute approximate surface area is 163 Å². The summed E-state index contributed by atoms with van der Waals surface area (Å²) >= 11 is 0. The topological polar surface area (TPSA) is 116 Å². The van der Waals surface area contributed by atoms with Crippen molar-refractivity contribution in [3.8, 4) is 11.1 Å². The Hall–Kier alpha value is -3.13. The number of aromatic amines is 1. The van der Waals surface area contributed by atoms with Gasteiger partial charge in [0.2, 0.25) is 5.91 Å². The number of anilines is 2. The Morgan fingerprint density at radius 2 is 2.14 bits per heavy atom. The van der Waals surface area contributed by atoms with Crippen LogP contribution in [-0.2, 0) is 4.79 Å². The van der Waals surface area contributed by atoms with Crippen molar-refractivity contribution in [2.45, 2.75) is 18.9 Å². The molecule has 3 heterocycles. The van der Waals surface area contributed by atoms with Gasteiger partial charge >= 0.3 is 0 Å². The van der Waals surface area contributed by atoms with E-state index in [0.29, 0.717) is 25.3 Å². The number of carbonyl (C=O) groups is 1. The third kappa shape index (κ3) is 4.77. The zero-order chi connectivity index (χ0) is 19.9. The number of carbonyl (C=O) groups excluding carboxylic acids is 1. The Morgan fingerprint density at radius 1 is 1.36 bits per heavy atom. The Kier molecular flexibility index (Phi) is 6.44. The molecule has 1 aliphatic heterocycles. The molecular formula is C20H26N6O2. The minimum absolute atomic E-state index is 0.0123. The lowest BCUT2D eigenvalue weighted by Crippen LogP contribution is -2.42. The Morgan fingerprint density at radius 3 is 2.86 bits per heavy atom. The quantitative estimate of drug-likeness (QED) is 0.561. The largest absolute Gasteiger partial charge is 0.378 e. The van der Waals surface area contributed by atoms with Gasteiger partial charge in [-0.1, -0.05) is 6.08 Å². The number of nitrogens with zero attached hydrogens (tertiary/aromatic N) is 2. The van der Waals surface area contributed by atoms with Crippen molar-refractivity contribution in [3.63, 3.8) is 0 Å². The van der Waals surface area contributed by atoms with Crippen molar-refractivity contribution in [2.24, 2.45) is 5.73 Å². The van der Waals surface area contributed by atoms with Gasteiger partial charge in [-0.3, -0.25) is 9.59 Å². The number of amides is 1. The van der Waals surface area contributed by atoms with Gasteiger partial charge in [-0.25, -0.2) is 4.98 Å². The summed E-state index contributed by atoms with van der Waals surface area (Å²) in [5.41, 5.74) is 7.64. The summed E-state index contributed by atoms with van der Waals surface area (Å²) in [4.78, 5) is 33.1. The minimum Gasteiger partial charge on any atom is -0.378 e. The van der Waals surface area contributed by atoms with E-state index >= 15 is 0 Å². The maximum atomic E-state index is 12.3. The first-order valence-corrected chi connectivity index (χ1v) is 9.39. The van der Waals surface area contributed by atoms with Gasteiger partial charge in [0.15, 0.2) is 0 Å². The standard InChI is InChI=1S/C20H26N6O2/c1-22-18-12-14(4-8-23-18)15-11-17(20(28)24-13-15)25-16-5-9-26(10-6-16)19(27)3-2-7-21/h2-4,8,11-13,16,25H,5-7,9-10,21H2,1H3,(H,22,23)(H,24,28)/b3-2+. The SMILES string of the molecule is CNc1cc(-c2c[nH]c(=O)c(NC3CCN(C(=O)/C=C/CN)CC3)c2)ccn1. The molecule has 0 saturated carbocycles. The third-order valence-electron chi connectivity index (χ3n) is 4.82. The van der Waals surface area contributed by atoms with Crippen LogP contribution in [0.4, 0.5) is 11.5 Å². The van der Waals surface area contributed by atoms with Gasteiger partial charge in [-0.2, -0.15) is 0 Å². The fraction of sp³-hybridized carbons (Fsp3) is 0.350. The first-order valence-electron chi connectivity index (χ1n) is 9.39. The normalized spacial score (nSPS) is 15.0. The molecule has 1 saturated heterocycles. The number of piperidine rings is 1. The van der Waals surface area contributed by atoms with E-state index in [2.05, 4.69) is 20.6 Å². The second-order valence-electron chi connectivity index (χ2n) is 6.69. The molecule has 2 aromatic rings. The predicted molar refractivity (Wildman–Crippen MR) is 111 cm³/mol. The molecule has 3 rings (SSSR count). The van der Waals surface area contributed by atoms with E-state index in [9.17, 15) is 9.59 Å². The zero-order valence-corrected chi connectivity index (χ0v) is 15.9. The minimum atomic E-state index is -0.156. The molecule has 148 valence electrons. The lowest BCUT2D eigenvalue weighted by atomic mass is 10.0. The van der Waals surface area contributed by atoms with E-state index < -0.39 is 0 Å². The molecular weight excluding hydrogens is 356 g/mol. The molecule has 0 atom stereocenters. The number of nitrogens with two attached hydrogens (primary N) is 1. The highest BCUT2D eigenvalue weighted by Crippen LogP contribution is 2.23. The molecule has 2 aromatic heterocycles. The fourth-order valence-electron chi connectivity index (χ4n) is 3.24. The molecule has 0 aliphatic carbocycles. The average molecular weight is 382 g/mol. The van der Waals surface area contributed by atoms with Gasteiger partial charge in [0.05, 0.1) is 0 Å². The number of aromatic nitrogens is 2. The number of pyridine rings is 2. The van der Waals surface area contributed by atoms with E-state index in [-0.39, 0.29) is 17.5 Å². The van der Waals surface area contributed by atoms with Gasteiger partial charge in [0.1, 0.15) is 11.5 Å². The summed E-state index contributed by atoms with van der Waals surface area (Å²) < 4.78 is 0. The van der Waals surface area contributed by atoms with E-state index in [4.69, 9.17) is 5.73 Å². The number of rotatable bonds is 6. The van der Waals surface area contributed by atoms with Crippen LogP contribution in [0.3, 0.4) is 0 Å². The van der Waals surface area contributed by atoms with Gasteiger partial charge in [-0.05, 0) is 36.6 Å². The van der Waals surface area contributed by atoms with Crippen LogP contribution < -0.4 is 21.9 Å². The molecule has 8 heteroatoms. The van der Waals surface area contributed by atoms with Gasteiger partial charge in [0, 0.05) is 56.8 Å². The number of hydrogen-bond acceptors (Lipinski definition) is 6. The highest BCUT2D eigenvalue weighted by atomic mass is 16.2. The maximum absolute atomic E-state index is 12.3. The molecule has 0 unspecified atom stereocenters. The predicted octanol–water partition coefficient (Wildman–Crippen LogP) is 1.40. The number of nitrogens with one attached hydrogen (secondary N) is 3. The third-order valence-corrected chi connectivity index (χ3v) is 4.82. The first kappa shape index (κ1) is 19.6. The lowest BCUT2D eigenvalue weighted by Gasteiger charge is -2.32. The van der Waals surface area contributed by atoms with Crippen LogP contribution in [0.2, 0.25) is 0 Å². The molecule has 0 bridgehead atoms. The fourth-order valence-corrected chi connectivity index (χ4v) is 3.24. The summed E-state index contributed by atoms with van der Waals surface area (Å²) in [6, 6.07) is 5.83. The average Bonchev–Trinajstić information content (AvgIpc) is 2.74. The summed E-state index contributed by atoms with van der Waals surface area (Å²) in [6.45, 7) is 1.66. The Balaban J connectivity index is 1.67. The van der Waals surface area contributed by atoms with Gasteiger partial charge in [-0.15, -0.1) is 0 Å². The van der Waals surface area contributed by atoms with Crippen LogP contribution in [-0.4, -0.2) is 53.5 Å². The molecule has 0 aromatic carbocycles. The number of likely N-dealkylation sites (tertiary alicyclic amines) is 1. The first-order chi connectivity index (χ1) is 13.6. The van der Waals surface area contributed by atoms with Crippen LogP contribution in [0, 0.1) is 0 Å².